The first-order valence-electron chi connectivity index (χ1n) is 3.76. The molecular weight excluding hydrogens is 124 g/mol. The Morgan fingerprint density at radius 3 is 2.90 bits per heavy atom. The van der Waals surface area contributed by atoms with Crippen LogP contribution in [-0.2, 0) is 6.42 Å². The van der Waals surface area contributed by atoms with Crippen molar-refractivity contribution in [2.24, 2.45) is 5.73 Å². The van der Waals surface area contributed by atoms with Crippen molar-refractivity contribution in [2.45, 2.75) is 19.3 Å². The Kier molecular flexibility index (Phi) is 3.03. The van der Waals surface area contributed by atoms with Crippen LogP contribution in [0.4, 0.5) is 0 Å². The Balaban J connectivity index is 2.15. The van der Waals surface area contributed by atoms with Crippen molar-refractivity contribution in [1.29, 1.82) is 0 Å². The van der Waals surface area contributed by atoms with Crippen LogP contribution < -0.4 is 5.73 Å². The van der Waals surface area contributed by atoms with Gasteiger partial charge in [-0.1, -0.05) is 0 Å². The fourth-order valence-electron chi connectivity index (χ4n) is 0.983. The summed E-state index contributed by atoms with van der Waals surface area (Å²) in [5.41, 5.74) is 6.67. The minimum Gasteiger partial charge on any atom is -0.365 e. The van der Waals surface area contributed by atoms with Crippen molar-refractivity contribution in [1.82, 2.24) is 4.98 Å². The van der Waals surface area contributed by atoms with Crippen molar-refractivity contribution in [3.63, 3.8) is 0 Å². The maximum Gasteiger partial charge on any atom is 0.0147 e. The number of unbranched alkanes of at least 4 members (excludes halogenated alkanes) is 1. The molecule has 0 bridgehead atoms. The zero-order valence-electron chi connectivity index (χ0n) is 6.14. The van der Waals surface area contributed by atoms with Gasteiger partial charge in [-0.05, 0) is 37.9 Å². The predicted octanol–water partition coefficient (Wildman–Crippen LogP) is 1.30. The molecule has 0 amide bonds. The molecule has 0 aliphatic heterocycles. The van der Waals surface area contributed by atoms with Crippen molar-refractivity contribution in [3.05, 3.63) is 24.0 Å². The molecule has 0 spiro atoms. The number of nitrogens with one attached hydrogen (secondary N) is 1. The Morgan fingerprint density at radius 2 is 2.30 bits per heavy atom. The van der Waals surface area contributed by atoms with Gasteiger partial charge in [0, 0.05) is 11.9 Å². The number of aromatic nitrogens is 1. The van der Waals surface area contributed by atoms with Gasteiger partial charge in [0.25, 0.3) is 0 Å². The lowest BCUT2D eigenvalue weighted by Gasteiger charge is -1.94. The van der Waals surface area contributed by atoms with E-state index in [2.05, 4.69) is 11.1 Å². The van der Waals surface area contributed by atoms with Gasteiger partial charge in [0.1, 0.15) is 0 Å². The summed E-state index contributed by atoms with van der Waals surface area (Å²) < 4.78 is 0. The Labute approximate surface area is 61.4 Å². The first-order valence-corrected chi connectivity index (χ1v) is 3.76. The van der Waals surface area contributed by atoms with E-state index < -0.39 is 0 Å². The van der Waals surface area contributed by atoms with E-state index in [-0.39, 0.29) is 0 Å². The molecule has 1 heterocycles. The summed E-state index contributed by atoms with van der Waals surface area (Å²) in [5, 5.41) is 0. The molecule has 2 nitrogen and oxygen atoms in total. The lowest BCUT2D eigenvalue weighted by Crippen LogP contribution is -1.98. The molecule has 56 valence electrons. The molecule has 1 rings (SSSR count). The standard InChI is InChI=1S/C8H14N2/c9-6-2-1-4-8-5-3-7-10-8/h3,5,7,10H,1-2,4,6,9H2. The van der Waals surface area contributed by atoms with Gasteiger partial charge in [-0.2, -0.15) is 0 Å². The van der Waals surface area contributed by atoms with Crippen molar-refractivity contribution in [2.75, 3.05) is 6.54 Å². The fraction of sp³-hybridized carbons (Fsp3) is 0.500. The molecule has 1 aromatic heterocycles. The van der Waals surface area contributed by atoms with Crippen LogP contribution in [0.1, 0.15) is 18.5 Å². The van der Waals surface area contributed by atoms with Gasteiger partial charge in [0.15, 0.2) is 0 Å². The molecular formula is C8H14N2. The molecule has 2 heteroatoms. The summed E-state index contributed by atoms with van der Waals surface area (Å²) in [6, 6.07) is 4.13. The number of hydrogen-bond acceptors (Lipinski definition) is 1. The van der Waals surface area contributed by atoms with Gasteiger partial charge in [0.2, 0.25) is 0 Å². The van der Waals surface area contributed by atoms with Crippen LogP contribution in [-0.4, -0.2) is 11.5 Å². The first kappa shape index (κ1) is 7.35. The molecule has 1 aromatic rings. The lowest BCUT2D eigenvalue weighted by molar-refractivity contribution is 0.735. The summed E-state index contributed by atoms with van der Waals surface area (Å²) in [5.74, 6) is 0. The lowest BCUT2D eigenvalue weighted by atomic mass is 10.2. The van der Waals surface area contributed by atoms with Gasteiger partial charge < -0.3 is 10.7 Å². The summed E-state index contributed by atoms with van der Waals surface area (Å²) in [6.45, 7) is 0.806. The molecule has 3 N–H and O–H groups in total. The van der Waals surface area contributed by atoms with E-state index >= 15 is 0 Å². The molecule has 10 heavy (non-hydrogen) atoms. The second-order valence-corrected chi connectivity index (χ2v) is 2.44. The average Bonchev–Trinajstić information content (AvgIpc) is 2.41. The van der Waals surface area contributed by atoms with Crippen LogP contribution in [0.25, 0.3) is 0 Å². The van der Waals surface area contributed by atoms with Gasteiger partial charge in [-0.15, -0.1) is 0 Å². The molecule has 0 unspecified atom stereocenters. The quantitative estimate of drug-likeness (QED) is 0.605. The van der Waals surface area contributed by atoms with Crippen LogP contribution in [0.2, 0.25) is 0 Å². The number of hydrogen-bond donors (Lipinski definition) is 2. The van der Waals surface area contributed by atoms with Crippen LogP contribution in [0.3, 0.4) is 0 Å². The molecule has 0 atom stereocenters. The predicted molar refractivity (Wildman–Crippen MR) is 42.8 cm³/mol. The summed E-state index contributed by atoms with van der Waals surface area (Å²) in [4.78, 5) is 3.16. The zero-order chi connectivity index (χ0) is 7.23. The molecule has 0 aromatic carbocycles. The number of H-pyrrole nitrogens is 1. The molecule has 0 saturated carbocycles. The summed E-state index contributed by atoms with van der Waals surface area (Å²) in [6.07, 6.45) is 5.40. The second-order valence-electron chi connectivity index (χ2n) is 2.44. The highest BCUT2D eigenvalue weighted by molar-refractivity contribution is 5.03. The van der Waals surface area contributed by atoms with E-state index in [1.54, 1.807) is 0 Å². The van der Waals surface area contributed by atoms with Crippen LogP contribution in [0, 0.1) is 0 Å². The van der Waals surface area contributed by atoms with Gasteiger partial charge in [0.05, 0.1) is 0 Å². The second kappa shape index (κ2) is 4.12. The van der Waals surface area contributed by atoms with Gasteiger partial charge >= 0.3 is 0 Å². The van der Waals surface area contributed by atoms with Crippen molar-refractivity contribution < 1.29 is 0 Å². The largest absolute Gasteiger partial charge is 0.365 e. The fourth-order valence-corrected chi connectivity index (χ4v) is 0.983. The zero-order valence-corrected chi connectivity index (χ0v) is 6.14. The highest BCUT2D eigenvalue weighted by atomic mass is 14.7. The van der Waals surface area contributed by atoms with E-state index in [4.69, 9.17) is 5.73 Å². The van der Waals surface area contributed by atoms with Crippen molar-refractivity contribution in [3.8, 4) is 0 Å². The van der Waals surface area contributed by atoms with E-state index in [0.29, 0.717) is 0 Å². The van der Waals surface area contributed by atoms with Gasteiger partial charge in [-0.25, -0.2) is 0 Å². The summed E-state index contributed by atoms with van der Waals surface area (Å²) in [7, 11) is 0. The van der Waals surface area contributed by atoms with E-state index in [1.807, 2.05) is 12.3 Å². The molecule has 0 saturated heterocycles. The molecule has 0 aliphatic rings. The van der Waals surface area contributed by atoms with Crippen LogP contribution in [0.5, 0.6) is 0 Å². The number of nitrogens with two attached hydrogens (primary N) is 1. The maximum absolute atomic E-state index is 5.36. The number of rotatable bonds is 4. The Hall–Kier alpha value is -0.760. The molecule has 0 fully saturated rings. The van der Waals surface area contributed by atoms with E-state index in [0.717, 1.165) is 19.4 Å². The van der Waals surface area contributed by atoms with Gasteiger partial charge in [-0.3, -0.25) is 0 Å². The van der Waals surface area contributed by atoms with Crippen molar-refractivity contribution >= 4 is 0 Å². The SMILES string of the molecule is NCCCCc1ccc[nH]1. The Morgan fingerprint density at radius 1 is 1.40 bits per heavy atom. The average molecular weight is 138 g/mol. The third kappa shape index (κ3) is 2.23. The minimum atomic E-state index is 0.806. The molecule has 0 radical (unpaired) electrons. The third-order valence-corrected chi connectivity index (χ3v) is 1.56. The maximum atomic E-state index is 5.36. The number of aromatic amines is 1. The minimum absolute atomic E-state index is 0.806. The third-order valence-electron chi connectivity index (χ3n) is 1.56. The smallest absolute Gasteiger partial charge is 0.0147 e. The van der Waals surface area contributed by atoms with Crippen LogP contribution >= 0.6 is 0 Å². The first-order chi connectivity index (χ1) is 4.93. The highest BCUT2D eigenvalue weighted by Crippen LogP contribution is 2.00. The van der Waals surface area contributed by atoms with E-state index in [1.165, 1.54) is 12.1 Å². The van der Waals surface area contributed by atoms with E-state index in [9.17, 15) is 0 Å². The van der Waals surface area contributed by atoms with Crippen LogP contribution in [0.15, 0.2) is 18.3 Å². The monoisotopic (exact) mass is 138 g/mol. The number of aryl methyl sites for hydroxylation is 1. The topological polar surface area (TPSA) is 41.8 Å². The molecule has 0 aliphatic carbocycles. The normalized spacial score (nSPS) is 10.1. The highest BCUT2D eigenvalue weighted by Gasteiger charge is 1.90. The summed E-state index contributed by atoms with van der Waals surface area (Å²) >= 11 is 0. The Bertz CT molecular complexity index is 156.